The van der Waals surface area contributed by atoms with Gasteiger partial charge in [-0.05, 0) is 71.7 Å². The maximum absolute atomic E-state index is 12.0. The number of ether oxygens (including phenoxy) is 1. The molecule has 1 amide bonds. The number of sulfonamides is 1. The van der Waals surface area contributed by atoms with E-state index in [2.05, 4.69) is 53.1 Å². The van der Waals surface area contributed by atoms with Crippen molar-refractivity contribution in [3.8, 4) is 0 Å². The highest BCUT2D eigenvalue weighted by atomic mass is 32.2. The maximum Gasteiger partial charge on any atom is 0.239 e. The van der Waals surface area contributed by atoms with E-state index in [4.69, 9.17) is 4.74 Å². The van der Waals surface area contributed by atoms with Crippen LogP contribution in [0.4, 0.5) is 11.4 Å². The van der Waals surface area contributed by atoms with Crippen LogP contribution in [0.25, 0.3) is 0 Å². The Morgan fingerprint density at radius 2 is 1.69 bits per heavy atom. The van der Waals surface area contributed by atoms with E-state index in [1.54, 1.807) is 20.8 Å². The van der Waals surface area contributed by atoms with E-state index in [0.717, 1.165) is 31.7 Å². The van der Waals surface area contributed by atoms with Crippen molar-refractivity contribution < 1.29 is 17.9 Å². The number of hydrogen-bond donors (Lipinski definition) is 2. The summed E-state index contributed by atoms with van der Waals surface area (Å²) in [6.07, 6.45) is 2.06. The molecule has 1 heterocycles. The Bertz CT molecular complexity index is 762. The summed E-state index contributed by atoms with van der Waals surface area (Å²) in [6.45, 7) is 11.4. The van der Waals surface area contributed by atoms with Gasteiger partial charge in [0.05, 0.1) is 17.0 Å². The summed E-state index contributed by atoms with van der Waals surface area (Å²) >= 11 is 0. The molecule has 0 bridgehead atoms. The Morgan fingerprint density at radius 3 is 2.24 bits per heavy atom. The van der Waals surface area contributed by atoms with E-state index in [9.17, 15) is 13.2 Å². The zero-order valence-corrected chi connectivity index (χ0v) is 19.0. The SMILES string of the molecule is CC1CN(c2ccc(NCCCCC(=O)NS(=O)(=O)C(C)(C)C)cc2)CC(C)O1. The van der Waals surface area contributed by atoms with E-state index in [-0.39, 0.29) is 18.6 Å². The molecule has 1 aromatic rings. The van der Waals surface area contributed by atoms with E-state index in [1.165, 1.54) is 5.69 Å². The first kappa shape index (κ1) is 23.5. The predicted molar refractivity (Wildman–Crippen MR) is 118 cm³/mol. The molecule has 1 saturated heterocycles. The lowest BCUT2D eigenvalue weighted by molar-refractivity contribution is -0.119. The molecule has 8 heteroatoms. The summed E-state index contributed by atoms with van der Waals surface area (Å²) in [4.78, 5) is 14.2. The Balaban J connectivity index is 1.70. The minimum atomic E-state index is -3.63. The van der Waals surface area contributed by atoms with Crippen LogP contribution in [0.3, 0.4) is 0 Å². The van der Waals surface area contributed by atoms with Gasteiger partial charge in [-0.1, -0.05) is 0 Å². The van der Waals surface area contributed by atoms with Gasteiger partial charge < -0.3 is 15.0 Å². The first-order chi connectivity index (χ1) is 13.5. The molecule has 2 atom stereocenters. The monoisotopic (exact) mass is 425 g/mol. The molecule has 0 aliphatic carbocycles. The van der Waals surface area contributed by atoms with Gasteiger partial charge in [-0.25, -0.2) is 8.42 Å². The van der Waals surface area contributed by atoms with Gasteiger partial charge in [0.15, 0.2) is 0 Å². The van der Waals surface area contributed by atoms with Crippen LogP contribution in [-0.2, 0) is 19.6 Å². The molecule has 1 aliphatic heterocycles. The number of nitrogens with zero attached hydrogens (tertiary/aromatic N) is 1. The van der Waals surface area contributed by atoms with E-state index < -0.39 is 20.7 Å². The molecule has 1 aromatic carbocycles. The summed E-state index contributed by atoms with van der Waals surface area (Å²) in [5, 5.41) is 3.35. The molecule has 29 heavy (non-hydrogen) atoms. The fourth-order valence-electron chi connectivity index (χ4n) is 3.18. The van der Waals surface area contributed by atoms with Gasteiger partial charge in [-0.3, -0.25) is 9.52 Å². The van der Waals surface area contributed by atoms with Crippen molar-refractivity contribution in [1.29, 1.82) is 0 Å². The lowest BCUT2D eigenvalue weighted by atomic mass is 10.2. The van der Waals surface area contributed by atoms with Crippen LogP contribution in [0, 0.1) is 0 Å². The normalized spacial score (nSPS) is 20.4. The van der Waals surface area contributed by atoms with Crippen LogP contribution in [0.15, 0.2) is 24.3 Å². The van der Waals surface area contributed by atoms with Crippen molar-refractivity contribution in [2.75, 3.05) is 29.9 Å². The van der Waals surface area contributed by atoms with Crippen LogP contribution in [-0.4, -0.2) is 50.9 Å². The highest BCUT2D eigenvalue weighted by molar-refractivity contribution is 7.91. The van der Waals surface area contributed by atoms with Crippen LogP contribution in [0.5, 0.6) is 0 Å². The van der Waals surface area contributed by atoms with Crippen molar-refractivity contribution in [3.05, 3.63) is 24.3 Å². The second-order valence-corrected chi connectivity index (χ2v) is 11.2. The average Bonchev–Trinajstić information content (AvgIpc) is 2.59. The molecule has 0 saturated carbocycles. The Labute approximate surface area is 175 Å². The van der Waals surface area contributed by atoms with E-state index in [0.29, 0.717) is 6.42 Å². The number of hydrogen-bond acceptors (Lipinski definition) is 6. The van der Waals surface area contributed by atoms with Gasteiger partial charge in [0.25, 0.3) is 0 Å². The molecule has 7 nitrogen and oxygen atoms in total. The van der Waals surface area contributed by atoms with Crippen molar-refractivity contribution in [1.82, 2.24) is 4.72 Å². The van der Waals surface area contributed by atoms with Crippen molar-refractivity contribution >= 4 is 27.3 Å². The molecular weight excluding hydrogens is 390 g/mol. The topological polar surface area (TPSA) is 87.7 Å². The third-order valence-corrected chi connectivity index (χ3v) is 6.97. The van der Waals surface area contributed by atoms with Crippen molar-refractivity contribution in [2.24, 2.45) is 0 Å². The second kappa shape index (κ2) is 9.80. The molecule has 164 valence electrons. The minimum absolute atomic E-state index is 0.198. The van der Waals surface area contributed by atoms with Gasteiger partial charge in [0, 0.05) is 37.4 Å². The molecule has 2 rings (SSSR count). The summed E-state index contributed by atoms with van der Waals surface area (Å²) in [6, 6.07) is 8.33. The fraction of sp³-hybridized carbons (Fsp3) is 0.667. The zero-order valence-electron chi connectivity index (χ0n) is 18.2. The van der Waals surface area contributed by atoms with E-state index >= 15 is 0 Å². The number of rotatable bonds is 8. The Kier molecular flexibility index (Phi) is 7.94. The predicted octanol–water partition coefficient (Wildman–Crippen LogP) is 3.13. The summed E-state index contributed by atoms with van der Waals surface area (Å²) < 4.78 is 30.9. The van der Waals surface area contributed by atoms with Gasteiger partial charge in [-0.2, -0.15) is 0 Å². The molecule has 0 aromatic heterocycles. The second-order valence-electron chi connectivity index (χ2n) is 8.73. The Morgan fingerprint density at radius 1 is 1.10 bits per heavy atom. The van der Waals surface area contributed by atoms with Crippen molar-refractivity contribution in [3.63, 3.8) is 0 Å². The minimum Gasteiger partial charge on any atom is -0.385 e. The molecule has 1 fully saturated rings. The number of benzene rings is 1. The van der Waals surface area contributed by atoms with Gasteiger partial charge in [0.1, 0.15) is 0 Å². The first-order valence-corrected chi connectivity index (χ1v) is 11.8. The highest BCUT2D eigenvalue weighted by Crippen LogP contribution is 2.22. The largest absolute Gasteiger partial charge is 0.385 e. The smallest absolute Gasteiger partial charge is 0.239 e. The molecule has 1 aliphatic rings. The quantitative estimate of drug-likeness (QED) is 0.622. The fourth-order valence-corrected chi connectivity index (χ4v) is 3.88. The number of nitrogens with one attached hydrogen (secondary N) is 2. The molecule has 0 spiro atoms. The number of carbonyl (C=O) groups excluding carboxylic acids is 1. The summed E-state index contributed by atoms with van der Waals surface area (Å²) in [5.41, 5.74) is 2.22. The number of unbranched alkanes of at least 4 members (excludes halogenated alkanes) is 1. The van der Waals surface area contributed by atoms with Gasteiger partial charge in [-0.15, -0.1) is 0 Å². The summed E-state index contributed by atoms with van der Waals surface area (Å²) in [5.74, 6) is -0.446. The maximum atomic E-state index is 12.0. The molecular formula is C21H35N3O4S. The lowest BCUT2D eigenvalue weighted by Crippen LogP contribution is -2.45. The lowest BCUT2D eigenvalue weighted by Gasteiger charge is -2.36. The highest BCUT2D eigenvalue weighted by Gasteiger charge is 2.30. The number of amides is 1. The third-order valence-electron chi connectivity index (χ3n) is 4.87. The van der Waals surface area contributed by atoms with Crippen LogP contribution >= 0.6 is 0 Å². The zero-order chi connectivity index (χ0) is 21.7. The summed E-state index contributed by atoms with van der Waals surface area (Å²) in [7, 11) is -3.63. The number of anilines is 2. The number of carbonyl (C=O) groups is 1. The van der Waals surface area contributed by atoms with Crippen LogP contribution in [0.2, 0.25) is 0 Å². The number of morpholine rings is 1. The third kappa shape index (κ3) is 7.19. The van der Waals surface area contributed by atoms with E-state index in [1.807, 2.05) is 0 Å². The average molecular weight is 426 g/mol. The van der Waals surface area contributed by atoms with Crippen LogP contribution in [0.1, 0.15) is 53.9 Å². The Hall–Kier alpha value is -1.80. The molecule has 0 radical (unpaired) electrons. The molecule has 2 N–H and O–H groups in total. The van der Waals surface area contributed by atoms with Gasteiger partial charge in [0.2, 0.25) is 15.9 Å². The molecule has 2 unspecified atom stereocenters. The first-order valence-electron chi connectivity index (χ1n) is 10.3. The van der Waals surface area contributed by atoms with Gasteiger partial charge >= 0.3 is 0 Å². The standard InChI is InChI=1S/C21H35N3O4S/c1-16-14-24(15-17(2)28-16)19-11-9-18(10-12-19)22-13-7-6-8-20(25)23-29(26,27)21(3,4)5/h9-12,16-17,22H,6-8,13-15H2,1-5H3,(H,23,25). The van der Waals surface area contributed by atoms with Crippen LogP contribution < -0.4 is 14.9 Å². The van der Waals surface area contributed by atoms with Crippen molar-refractivity contribution in [2.45, 2.75) is 70.8 Å².